The van der Waals surface area contributed by atoms with Gasteiger partial charge < -0.3 is 9.47 Å². The summed E-state index contributed by atoms with van der Waals surface area (Å²) in [5, 5.41) is 4.31. The predicted octanol–water partition coefficient (Wildman–Crippen LogP) is 0.425. The molecular formula is C9H16N2O2. The van der Waals surface area contributed by atoms with Crippen LogP contribution in [-0.4, -0.2) is 50.0 Å². The topological polar surface area (TPSA) is 24.9 Å². The maximum Gasteiger partial charge on any atom is 0.204 e. The van der Waals surface area contributed by atoms with Crippen LogP contribution in [0.3, 0.4) is 0 Å². The lowest BCUT2D eigenvalue weighted by molar-refractivity contribution is -0.104. The fraction of sp³-hybridized carbons (Fsp3) is 0.778. The summed E-state index contributed by atoms with van der Waals surface area (Å²) in [5.41, 5.74) is 1.30. The lowest BCUT2D eigenvalue weighted by Gasteiger charge is -2.36. The van der Waals surface area contributed by atoms with Crippen LogP contribution < -0.4 is 0 Å². The van der Waals surface area contributed by atoms with Crippen LogP contribution in [0.25, 0.3) is 0 Å². The van der Waals surface area contributed by atoms with Crippen LogP contribution in [0.5, 0.6) is 0 Å². The summed E-state index contributed by atoms with van der Waals surface area (Å²) in [4.78, 5) is 0. The van der Waals surface area contributed by atoms with Crippen molar-refractivity contribution in [3.05, 3.63) is 11.5 Å². The molecule has 1 unspecified atom stereocenters. The van der Waals surface area contributed by atoms with Crippen molar-refractivity contribution in [2.45, 2.75) is 13.0 Å². The predicted molar refractivity (Wildman–Crippen MR) is 48.8 cm³/mol. The fourth-order valence-electron chi connectivity index (χ4n) is 1.85. The Morgan fingerprint density at radius 3 is 3.00 bits per heavy atom. The summed E-state index contributed by atoms with van der Waals surface area (Å²) in [6, 6.07) is 0. The molecule has 0 radical (unpaired) electrons. The first-order valence-electron chi connectivity index (χ1n) is 4.56. The van der Waals surface area contributed by atoms with Crippen LogP contribution >= 0.6 is 0 Å². The maximum atomic E-state index is 5.63. The van der Waals surface area contributed by atoms with E-state index in [0.29, 0.717) is 6.61 Å². The zero-order chi connectivity index (χ0) is 9.42. The number of rotatable bonds is 1. The fourth-order valence-corrected chi connectivity index (χ4v) is 1.85. The van der Waals surface area contributed by atoms with Gasteiger partial charge in [-0.25, -0.2) is 5.01 Å². The molecule has 1 saturated heterocycles. The second-order valence-corrected chi connectivity index (χ2v) is 3.65. The summed E-state index contributed by atoms with van der Waals surface area (Å²) in [6.07, 6.45) is 0.192. The third kappa shape index (κ3) is 1.40. The average molecular weight is 184 g/mol. The molecule has 1 atom stereocenters. The molecule has 0 bridgehead atoms. The molecule has 0 spiro atoms. The Kier molecular flexibility index (Phi) is 2.17. The van der Waals surface area contributed by atoms with Crippen molar-refractivity contribution in [1.29, 1.82) is 0 Å². The van der Waals surface area contributed by atoms with Crippen molar-refractivity contribution in [2.75, 3.05) is 33.9 Å². The van der Waals surface area contributed by atoms with Crippen molar-refractivity contribution in [3.8, 4) is 0 Å². The average Bonchev–Trinajstić information content (AvgIpc) is 2.42. The van der Waals surface area contributed by atoms with Crippen LogP contribution in [0.2, 0.25) is 0 Å². The van der Waals surface area contributed by atoms with Gasteiger partial charge in [0.1, 0.15) is 12.7 Å². The molecule has 2 rings (SSSR count). The molecule has 1 fully saturated rings. The Labute approximate surface area is 78.7 Å². The van der Waals surface area contributed by atoms with Crippen molar-refractivity contribution < 1.29 is 9.47 Å². The highest BCUT2D eigenvalue weighted by atomic mass is 16.5. The van der Waals surface area contributed by atoms with E-state index in [-0.39, 0.29) is 6.10 Å². The van der Waals surface area contributed by atoms with Crippen LogP contribution in [0.1, 0.15) is 6.92 Å². The quantitative estimate of drug-likeness (QED) is 0.590. The van der Waals surface area contributed by atoms with Gasteiger partial charge in [0.15, 0.2) is 0 Å². The van der Waals surface area contributed by atoms with Gasteiger partial charge in [0.25, 0.3) is 0 Å². The van der Waals surface area contributed by atoms with Crippen LogP contribution in [-0.2, 0) is 9.47 Å². The van der Waals surface area contributed by atoms with E-state index in [0.717, 1.165) is 19.0 Å². The molecule has 2 aliphatic heterocycles. The molecular weight excluding hydrogens is 168 g/mol. The first kappa shape index (κ1) is 8.84. The van der Waals surface area contributed by atoms with Gasteiger partial charge in [0.2, 0.25) is 5.88 Å². The summed E-state index contributed by atoms with van der Waals surface area (Å²) in [7, 11) is 3.80. The number of methoxy groups -OCH3 is 1. The molecule has 0 aromatic rings. The van der Waals surface area contributed by atoms with E-state index in [1.54, 1.807) is 7.11 Å². The third-order valence-corrected chi connectivity index (χ3v) is 2.59. The van der Waals surface area contributed by atoms with E-state index in [4.69, 9.17) is 9.47 Å². The van der Waals surface area contributed by atoms with Crippen molar-refractivity contribution in [3.63, 3.8) is 0 Å². The lowest BCUT2D eigenvalue weighted by atomic mass is 10.3. The smallest absolute Gasteiger partial charge is 0.204 e. The molecule has 0 N–H and O–H groups in total. The molecule has 74 valence electrons. The number of ether oxygens (including phenoxy) is 2. The number of fused-ring (bicyclic) bond motifs is 1. The summed E-state index contributed by atoms with van der Waals surface area (Å²) in [5.74, 6) is 1.02. The Bertz CT molecular complexity index is 240. The van der Waals surface area contributed by atoms with Gasteiger partial charge in [0.05, 0.1) is 6.54 Å². The highest BCUT2D eigenvalue weighted by Gasteiger charge is 2.33. The van der Waals surface area contributed by atoms with Gasteiger partial charge in [-0.1, -0.05) is 0 Å². The van der Waals surface area contributed by atoms with Crippen molar-refractivity contribution in [1.82, 2.24) is 10.0 Å². The number of nitrogens with zero attached hydrogens (tertiary/aromatic N) is 2. The minimum Gasteiger partial charge on any atom is -0.475 e. The van der Waals surface area contributed by atoms with E-state index >= 15 is 0 Å². The number of hydrazine groups is 1. The molecule has 2 aliphatic rings. The minimum atomic E-state index is 0.192. The van der Waals surface area contributed by atoms with Crippen LogP contribution in [0, 0.1) is 0 Å². The number of likely N-dealkylation sites (N-methyl/N-ethyl adjacent to an activating group) is 1. The zero-order valence-electron chi connectivity index (χ0n) is 8.41. The Morgan fingerprint density at radius 2 is 2.31 bits per heavy atom. The largest absolute Gasteiger partial charge is 0.475 e. The van der Waals surface area contributed by atoms with E-state index in [1.165, 1.54) is 5.57 Å². The first-order valence-corrected chi connectivity index (χ1v) is 4.56. The van der Waals surface area contributed by atoms with Crippen molar-refractivity contribution in [2.24, 2.45) is 0 Å². The Balaban J connectivity index is 2.11. The number of hydrogen-bond acceptors (Lipinski definition) is 4. The second-order valence-electron chi connectivity index (χ2n) is 3.65. The highest BCUT2D eigenvalue weighted by Crippen LogP contribution is 2.26. The van der Waals surface area contributed by atoms with Crippen molar-refractivity contribution >= 4 is 0 Å². The number of hydrogen-bond donors (Lipinski definition) is 0. The van der Waals surface area contributed by atoms with E-state index in [9.17, 15) is 0 Å². The van der Waals surface area contributed by atoms with Crippen LogP contribution in [0.4, 0.5) is 0 Å². The molecule has 0 aromatic carbocycles. The summed E-state index contributed by atoms with van der Waals surface area (Å²) in [6.45, 7) is 4.65. The Hall–Kier alpha value is -0.740. The SMILES string of the molecule is COC1COC2=C(C)CN(C)N2C1. The van der Waals surface area contributed by atoms with Gasteiger partial charge in [-0.05, 0) is 6.92 Å². The highest BCUT2D eigenvalue weighted by molar-refractivity contribution is 5.13. The van der Waals surface area contributed by atoms with Gasteiger partial charge >= 0.3 is 0 Å². The normalized spacial score (nSPS) is 29.2. The molecule has 4 nitrogen and oxygen atoms in total. The lowest BCUT2D eigenvalue weighted by Crippen LogP contribution is -2.46. The molecule has 0 amide bonds. The first-order chi connectivity index (χ1) is 6.22. The molecule has 4 heteroatoms. The van der Waals surface area contributed by atoms with E-state index in [1.807, 2.05) is 0 Å². The molecule has 0 aliphatic carbocycles. The molecule has 0 aromatic heterocycles. The molecule has 0 saturated carbocycles. The van der Waals surface area contributed by atoms with Gasteiger partial charge in [-0.2, -0.15) is 0 Å². The maximum absolute atomic E-state index is 5.63. The van der Waals surface area contributed by atoms with E-state index in [2.05, 4.69) is 24.0 Å². The van der Waals surface area contributed by atoms with Gasteiger partial charge in [-0.15, -0.1) is 0 Å². The molecule has 2 heterocycles. The van der Waals surface area contributed by atoms with E-state index < -0.39 is 0 Å². The minimum absolute atomic E-state index is 0.192. The second kappa shape index (κ2) is 3.20. The van der Waals surface area contributed by atoms with Crippen LogP contribution in [0.15, 0.2) is 11.5 Å². The molecule has 13 heavy (non-hydrogen) atoms. The van der Waals surface area contributed by atoms with Gasteiger partial charge in [0, 0.05) is 26.3 Å². The zero-order valence-corrected chi connectivity index (χ0v) is 8.41. The summed E-state index contributed by atoms with van der Waals surface area (Å²) < 4.78 is 10.9. The van der Waals surface area contributed by atoms with Gasteiger partial charge in [-0.3, -0.25) is 5.01 Å². The Morgan fingerprint density at radius 1 is 1.54 bits per heavy atom. The monoisotopic (exact) mass is 184 g/mol. The third-order valence-electron chi connectivity index (χ3n) is 2.59. The summed E-state index contributed by atoms with van der Waals surface area (Å²) >= 11 is 0. The standard InChI is InChI=1S/C9H16N2O2/c1-7-4-10(2)11-5-8(12-3)6-13-9(7)11/h8H,4-6H2,1-3H3.